The third-order valence-electron chi connectivity index (χ3n) is 14.4. The van der Waals surface area contributed by atoms with Crippen molar-refractivity contribution in [3.63, 3.8) is 0 Å². The van der Waals surface area contributed by atoms with Crippen molar-refractivity contribution in [2.45, 2.75) is 178 Å². The third-order valence-corrected chi connectivity index (χ3v) is 14.4. The summed E-state index contributed by atoms with van der Waals surface area (Å²) in [5, 5.41) is 21.4. The lowest BCUT2D eigenvalue weighted by Gasteiger charge is -2.32. The van der Waals surface area contributed by atoms with Crippen LogP contribution in [-0.4, -0.2) is 288 Å². The molecule has 8 amide bonds. The van der Waals surface area contributed by atoms with Gasteiger partial charge in [0.15, 0.2) is 6.61 Å². The first-order valence-electron chi connectivity index (χ1n) is 35.5. The van der Waals surface area contributed by atoms with Gasteiger partial charge in [-0.25, -0.2) is 38.4 Å². The molecule has 0 radical (unpaired) electrons. The van der Waals surface area contributed by atoms with Crippen LogP contribution in [0.5, 0.6) is 0 Å². The van der Waals surface area contributed by atoms with Crippen LogP contribution in [0.15, 0.2) is 0 Å². The molecule has 0 atom stereocenters. The van der Waals surface area contributed by atoms with Gasteiger partial charge in [-0.05, 0) is 236 Å². The van der Waals surface area contributed by atoms with Gasteiger partial charge in [-0.15, -0.1) is 6.42 Å². The lowest BCUT2D eigenvalue weighted by molar-refractivity contribution is -0.178. The van der Waals surface area contributed by atoms with E-state index in [9.17, 15) is 52.7 Å². The van der Waals surface area contributed by atoms with Gasteiger partial charge in [-0.3, -0.25) is 14.4 Å². The van der Waals surface area contributed by atoms with E-state index in [1.165, 1.54) is 20.8 Å². The molecule has 0 bridgehead atoms. The summed E-state index contributed by atoms with van der Waals surface area (Å²) in [5.41, 5.74) is -8.44. The Balaban J connectivity index is 6.42. The lowest BCUT2D eigenvalue weighted by Crippen LogP contribution is -2.47. The van der Waals surface area contributed by atoms with Gasteiger partial charge in [-0.2, -0.15) is 0 Å². The Morgan fingerprint density at radius 2 is 0.433 bits per heavy atom. The average Bonchev–Trinajstić information content (AvgIpc) is 0.829. The molecule has 0 heterocycles. The minimum Gasteiger partial charge on any atom is -0.464 e. The number of terminal acetylenes is 1. The number of carbonyl (C=O) groups is 11. The van der Waals surface area contributed by atoms with Crippen molar-refractivity contribution in [2.75, 3.05) is 179 Å². The number of alkyl carbamates (subject to hydrolysis) is 8. The van der Waals surface area contributed by atoms with Crippen molar-refractivity contribution in [1.82, 2.24) is 62.1 Å². The van der Waals surface area contributed by atoms with Crippen LogP contribution in [0.3, 0.4) is 0 Å². The number of carbonyl (C=O) groups excluding carboxylic acids is 11. The second kappa shape index (κ2) is 49.6. The number of ether oxygens (including phenoxy) is 11. The highest BCUT2D eigenvalue weighted by atomic mass is 16.6. The predicted octanol–water partition coefficient (Wildman–Crippen LogP) is 6.12. The summed E-state index contributed by atoms with van der Waals surface area (Å²) in [6.45, 7) is 26.9. The summed E-state index contributed by atoms with van der Waals surface area (Å²) in [4.78, 5) is 151. The van der Waals surface area contributed by atoms with E-state index in [-0.39, 0.29) is 26.2 Å². The second-order valence-electron chi connectivity index (χ2n) is 30.4. The minimum absolute atomic E-state index is 0.157. The van der Waals surface area contributed by atoms with Gasteiger partial charge in [0.2, 0.25) is 0 Å². The molecule has 0 aliphatic rings. The Bertz CT molecular complexity index is 2360. The summed E-state index contributed by atoms with van der Waals surface area (Å²) >= 11 is 0. The summed E-state index contributed by atoms with van der Waals surface area (Å²) in [6, 6.07) is 0. The predicted molar refractivity (Wildman–Crippen MR) is 387 cm³/mol. The summed E-state index contributed by atoms with van der Waals surface area (Å²) in [6.07, 6.45) is 4.14. The van der Waals surface area contributed by atoms with E-state index in [0.29, 0.717) is 130 Å². The molecule has 0 aromatic carbocycles. The quantitative estimate of drug-likeness (QED) is 0.0147. The highest BCUT2D eigenvalue weighted by Crippen LogP contribution is 2.28. The van der Waals surface area contributed by atoms with Crippen LogP contribution >= 0.6 is 0 Å². The number of hydrogen-bond acceptors (Lipinski definition) is 26. The third kappa shape index (κ3) is 51.2. The summed E-state index contributed by atoms with van der Waals surface area (Å²) in [7, 11) is 7.51. The number of nitrogens with one attached hydrogen (secondary N) is 8. The van der Waals surface area contributed by atoms with Gasteiger partial charge >= 0.3 is 66.7 Å². The zero-order valence-corrected chi connectivity index (χ0v) is 65.8. The van der Waals surface area contributed by atoms with Crippen molar-refractivity contribution < 1.29 is 105 Å². The van der Waals surface area contributed by atoms with Gasteiger partial charge in [-0.1, -0.05) is 5.92 Å². The Morgan fingerprint density at radius 1 is 0.269 bits per heavy atom. The van der Waals surface area contributed by atoms with Gasteiger partial charge in [0.25, 0.3) is 0 Å². The monoisotopic (exact) mass is 1490 g/mol. The van der Waals surface area contributed by atoms with E-state index in [1.807, 2.05) is 47.8 Å². The standard InChI is InChI=1S/C70H128N12O22/c1-21-46-94-53(83)68(14,47-95-54(84)69(15,49-97-56(86)71-30-22-38-79(17)42-26-34-75-60(90)101-64(2,3)4)50-98-57(87)72-31-23-39-80(18)43-27-35-76-61(91)102-65(5,6)7)48-96-55(85)70(16,51-99-58(88)73-32-24-40-81(19)44-28-36-77-62(92)103-66(8,9)10)52-100-59(89)74-33-25-41-82(20)45-29-37-78-63(93)104-67(11,12)13/h1H,22-52H2,2-20H3,(H,71,86)(H,72,87)(H,73,88)(H,74,89)(H,75,90)(H,76,91)(H,77,92)(H,78,93). The molecular formula is C70H128N12O22. The molecule has 600 valence electrons. The van der Waals surface area contributed by atoms with Crippen LogP contribution in [0.1, 0.15) is 155 Å². The van der Waals surface area contributed by atoms with Crippen LogP contribution in [0.2, 0.25) is 0 Å². The van der Waals surface area contributed by atoms with Crippen molar-refractivity contribution in [3.8, 4) is 12.3 Å². The van der Waals surface area contributed by atoms with Crippen molar-refractivity contribution >= 4 is 66.7 Å². The number of esters is 3. The molecule has 0 saturated heterocycles. The van der Waals surface area contributed by atoms with E-state index in [4.69, 9.17) is 58.5 Å². The molecule has 0 spiro atoms. The maximum absolute atomic E-state index is 14.4. The van der Waals surface area contributed by atoms with Crippen LogP contribution in [-0.2, 0) is 66.5 Å². The van der Waals surface area contributed by atoms with Gasteiger partial charge < -0.3 is 114 Å². The first kappa shape index (κ1) is 96.0. The van der Waals surface area contributed by atoms with Crippen LogP contribution in [0.25, 0.3) is 0 Å². The maximum Gasteiger partial charge on any atom is 0.407 e. The molecule has 34 heteroatoms. The largest absolute Gasteiger partial charge is 0.464 e. The van der Waals surface area contributed by atoms with Gasteiger partial charge in [0.05, 0.1) is 0 Å². The SMILES string of the molecule is C#CCOC(=O)C(C)(COC(=O)C(C)(COC(=O)NCCCN(C)CCCNC(=O)OC(C)(C)C)COC(=O)NCCCN(C)CCCNC(=O)OC(C)(C)C)COC(=O)C(C)(COC(=O)NCCCN(C)CCCNC(=O)OC(C)(C)C)COC(=O)NCCCN(C)CCCNC(=O)OC(C)(C)C. The van der Waals surface area contributed by atoms with Gasteiger partial charge in [0, 0.05) is 52.4 Å². The maximum atomic E-state index is 14.4. The molecule has 0 aliphatic heterocycles. The fourth-order valence-electron chi connectivity index (χ4n) is 8.68. The molecule has 8 N–H and O–H groups in total. The smallest absolute Gasteiger partial charge is 0.407 e. The van der Waals surface area contributed by atoms with Crippen molar-refractivity contribution in [2.24, 2.45) is 16.2 Å². The van der Waals surface area contributed by atoms with E-state index >= 15 is 0 Å². The zero-order chi connectivity index (χ0) is 79.2. The van der Waals surface area contributed by atoms with Crippen LogP contribution in [0.4, 0.5) is 38.4 Å². The average molecular weight is 1490 g/mol. The number of hydrogen-bond donors (Lipinski definition) is 8. The molecule has 34 nitrogen and oxygen atoms in total. The Kier molecular flexibility index (Phi) is 45.8. The molecule has 0 aromatic heterocycles. The first-order chi connectivity index (χ1) is 48.3. The molecule has 0 saturated carbocycles. The molecule has 0 fully saturated rings. The highest BCUT2D eigenvalue weighted by molar-refractivity contribution is 5.82. The van der Waals surface area contributed by atoms with E-state index < -0.39 is 152 Å². The number of nitrogens with zero attached hydrogens (tertiary/aromatic N) is 4. The lowest BCUT2D eigenvalue weighted by atomic mass is 9.90. The first-order valence-corrected chi connectivity index (χ1v) is 35.5. The summed E-state index contributed by atoms with van der Waals surface area (Å²) in [5.74, 6) is -1.17. The van der Waals surface area contributed by atoms with E-state index in [2.05, 4.69) is 48.5 Å². The van der Waals surface area contributed by atoms with E-state index in [1.54, 1.807) is 83.1 Å². The molecule has 0 unspecified atom stereocenters. The molecule has 104 heavy (non-hydrogen) atoms. The molecule has 0 aliphatic carbocycles. The van der Waals surface area contributed by atoms with Crippen molar-refractivity contribution in [1.29, 1.82) is 0 Å². The molecule has 0 rings (SSSR count). The van der Waals surface area contributed by atoms with Crippen LogP contribution in [0, 0.1) is 28.6 Å². The fraction of sp³-hybridized carbons (Fsp3) is 0.814. The fourth-order valence-corrected chi connectivity index (χ4v) is 8.68. The summed E-state index contributed by atoms with van der Waals surface area (Å²) < 4.78 is 59.9. The molecular weight excluding hydrogens is 1360 g/mol. The Morgan fingerprint density at radius 3 is 0.606 bits per heavy atom. The normalized spacial score (nSPS) is 12.0. The topological polar surface area (TPSA) is 398 Å². The van der Waals surface area contributed by atoms with E-state index in [0.717, 1.165) is 0 Å². The van der Waals surface area contributed by atoms with Gasteiger partial charge in [0.1, 0.15) is 78.3 Å². The number of amides is 8. The zero-order valence-electron chi connectivity index (χ0n) is 65.8. The molecule has 0 aromatic rings. The Hall–Kier alpha value is -8.03. The van der Waals surface area contributed by atoms with Crippen LogP contribution < -0.4 is 42.5 Å². The number of rotatable bonds is 48. The highest BCUT2D eigenvalue weighted by Gasteiger charge is 2.46. The van der Waals surface area contributed by atoms with Crippen molar-refractivity contribution in [3.05, 3.63) is 0 Å². The Labute approximate surface area is 616 Å². The minimum atomic E-state index is -2.04. The second-order valence-corrected chi connectivity index (χ2v) is 30.4.